The molecule has 0 saturated carbocycles. The van der Waals surface area contributed by atoms with E-state index in [9.17, 15) is 19.4 Å². The van der Waals surface area contributed by atoms with Gasteiger partial charge in [-0.05, 0) is 31.0 Å². The zero-order valence-electron chi connectivity index (χ0n) is 15.2. The van der Waals surface area contributed by atoms with Gasteiger partial charge in [0.15, 0.2) is 17.6 Å². The maximum Gasteiger partial charge on any atom is 0.328 e. The summed E-state index contributed by atoms with van der Waals surface area (Å²) in [5.74, 6) is -2.87. The fraction of sp³-hybridized carbons (Fsp3) is 0.333. The van der Waals surface area contributed by atoms with Crippen LogP contribution in [0, 0.1) is 5.95 Å². The summed E-state index contributed by atoms with van der Waals surface area (Å²) in [6, 6.07) is 2.92. The van der Waals surface area contributed by atoms with Crippen LogP contribution in [0.25, 0.3) is 0 Å². The number of ether oxygens (including phenoxy) is 1. The molecule has 0 aliphatic heterocycles. The molecular formula is C18H19Cl2FN2O5. The first kappa shape index (κ1) is 22.0. The summed E-state index contributed by atoms with van der Waals surface area (Å²) in [7, 11) is 0. The van der Waals surface area contributed by atoms with Crippen molar-refractivity contribution < 1.29 is 29.2 Å². The topological polar surface area (TPSA) is 112 Å². The SMILES string of the molecule is CC(C)c1cc(Oc2c(Cl)c(F)nc(N[C@H](C(=O)O)[C@@H](C)O)c2Cl)ccc1O. The van der Waals surface area contributed by atoms with Crippen LogP contribution in [0.3, 0.4) is 0 Å². The van der Waals surface area contributed by atoms with Crippen molar-refractivity contribution in [2.45, 2.75) is 38.8 Å². The molecule has 0 amide bonds. The van der Waals surface area contributed by atoms with E-state index in [0.29, 0.717) is 5.56 Å². The Morgan fingerprint density at radius 3 is 2.43 bits per heavy atom. The van der Waals surface area contributed by atoms with Gasteiger partial charge >= 0.3 is 5.97 Å². The van der Waals surface area contributed by atoms with E-state index in [1.54, 1.807) is 6.07 Å². The molecule has 7 nitrogen and oxygen atoms in total. The van der Waals surface area contributed by atoms with Crippen molar-refractivity contribution in [1.29, 1.82) is 0 Å². The molecule has 0 spiro atoms. The number of carbonyl (C=O) groups is 1. The number of carboxylic acid groups (broad SMARTS) is 1. The highest BCUT2D eigenvalue weighted by atomic mass is 35.5. The highest BCUT2D eigenvalue weighted by Crippen LogP contribution is 2.42. The number of benzene rings is 1. The van der Waals surface area contributed by atoms with Gasteiger partial charge in [0, 0.05) is 5.56 Å². The number of aliphatic carboxylic acids is 1. The smallest absolute Gasteiger partial charge is 0.328 e. The van der Waals surface area contributed by atoms with E-state index in [4.69, 9.17) is 33.0 Å². The highest BCUT2D eigenvalue weighted by Gasteiger charge is 2.27. The molecular weight excluding hydrogens is 414 g/mol. The lowest BCUT2D eigenvalue weighted by Gasteiger charge is -2.20. The average molecular weight is 433 g/mol. The van der Waals surface area contributed by atoms with E-state index in [1.165, 1.54) is 19.1 Å². The van der Waals surface area contributed by atoms with Gasteiger partial charge in [0.2, 0.25) is 5.95 Å². The number of aromatic nitrogens is 1. The number of pyridine rings is 1. The summed E-state index contributed by atoms with van der Waals surface area (Å²) < 4.78 is 19.8. The number of carboxylic acids is 1. The number of hydrogen-bond acceptors (Lipinski definition) is 6. The summed E-state index contributed by atoms with van der Waals surface area (Å²) in [4.78, 5) is 14.8. The second-order valence-electron chi connectivity index (χ2n) is 6.39. The van der Waals surface area contributed by atoms with Crippen LogP contribution in [0.2, 0.25) is 10.0 Å². The predicted molar refractivity (Wildman–Crippen MR) is 103 cm³/mol. The largest absolute Gasteiger partial charge is 0.508 e. The molecule has 1 aromatic carbocycles. The maximum absolute atomic E-state index is 14.2. The molecule has 152 valence electrons. The number of aromatic hydroxyl groups is 1. The molecule has 2 aromatic rings. The zero-order valence-corrected chi connectivity index (χ0v) is 16.7. The van der Waals surface area contributed by atoms with Gasteiger partial charge in [0.1, 0.15) is 21.5 Å². The van der Waals surface area contributed by atoms with Crippen molar-refractivity contribution in [3.05, 3.63) is 39.8 Å². The number of rotatable bonds is 7. The Hall–Kier alpha value is -2.29. The monoisotopic (exact) mass is 432 g/mol. The van der Waals surface area contributed by atoms with Crippen LogP contribution in [0.5, 0.6) is 17.2 Å². The summed E-state index contributed by atoms with van der Waals surface area (Å²) >= 11 is 12.1. The number of hydrogen-bond donors (Lipinski definition) is 4. The first-order valence-corrected chi connectivity index (χ1v) is 9.01. The summed E-state index contributed by atoms with van der Waals surface area (Å²) in [5, 5.41) is 30.3. The normalized spacial score (nSPS) is 13.3. The Bertz CT molecular complexity index is 893. The second kappa shape index (κ2) is 8.81. The number of nitrogens with zero attached hydrogens (tertiary/aromatic N) is 1. The number of phenols is 1. The minimum absolute atomic E-state index is 0.0109. The van der Waals surface area contributed by atoms with Gasteiger partial charge in [-0.1, -0.05) is 37.0 Å². The number of aliphatic hydroxyl groups is 1. The predicted octanol–water partition coefficient (Wildman–Crippen LogP) is 4.39. The third-order valence-corrected chi connectivity index (χ3v) is 4.56. The molecule has 1 heterocycles. The Labute approximate surface area is 170 Å². The van der Waals surface area contributed by atoms with Crippen LogP contribution in [-0.4, -0.2) is 38.4 Å². The van der Waals surface area contributed by atoms with Gasteiger partial charge in [0.25, 0.3) is 0 Å². The molecule has 1 aromatic heterocycles. The van der Waals surface area contributed by atoms with Crippen molar-refractivity contribution in [3.63, 3.8) is 0 Å². The molecule has 0 radical (unpaired) electrons. The molecule has 10 heteroatoms. The fourth-order valence-electron chi connectivity index (χ4n) is 2.39. The van der Waals surface area contributed by atoms with Gasteiger partial charge in [-0.2, -0.15) is 9.37 Å². The van der Waals surface area contributed by atoms with E-state index in [1.807, 2.05) is 13.8 Å². The highest BCUT2D eigenvalue weighted by molar-refractivity contribution is 6.38. The molecule has 2 rings (SSSR count). The molecule has 0 fully saturated rings. The molecule has 4 N–H and O–H groups in total. The van der Waals surface area contributed by atoms with E-state index in [2.05, 4.69) is 10.3 Å². The third kappa shape index (κ3) is 4.76. The molecule has 0 saturated heterocycles. The van der Waals surface area contributed by atoms with Crippen LogP contribution in [-0.2, 0) is 4.79 Å². The summed E-state index contributed by atoms with van der Waals surface area (Å²) in [6.07, 6.45) is -1.32. The number of anilines is 1. The molecule has 0 unspecified atom stereocenters. The minimum Gasteiger partial charge on any atom is -0.508 e. The molecule has 0 bridgehead atoms. The lowest BCUT2D eigenvalue weighted by molar-refractivity contribution is -0.140. The van der Waals surface area contributed by atoms with Crippen LogP contribution in [0.1, 0.15) is 32.3 Å². The number of phenolic OH excluding ortho intramolecular Hbond substituents is 1. The zero-order chi connectivity index (χ0) is 21.2. The minimum atomic E-state index is -1.49. The van der Waals surface area contributed by atoms with Crippen molar-refractivity contribution in [1.82, 2.24) is 4.98 Å². The van der Waals surface area contributed by atoms with Gasteiger partial charge in [-0.3, -0.25) is 0 Å². The average Bonchev–Trinajstić information content (AvgIpc) is 2.61. The third-order valence-electron chi connectivity index (χ3n) is 3.88. The summed E-state index contributed by atoms with van der Waals surface area (Å²) in [5.41, 5.74) is 0.595. The Morgan fingerprint density at radius 1 is 1.25 bits per heavy atom. The Balaban J connectivity index is 2.46. The van der Waals surface area contributed by atoms with Crippen LogP contribution < -0.4 is 10.1 Å². The lowest BCUT2D eigenvalue weighted by Crippen LogP contribution is -2.39. The van der Waals surface area contributed by atoms with Crippen molar-refractivity contribution >= 4 is 35.0 Å². The lowest BCUT2D eigenvalue weighted by atomic mass is 10.0. The second-order valence-corrected chi connectivity index (χ2v) is 7.14. The van der Waals surface area contributed by atoms with E-state index < -0.39 is 29.1 Å². The van der Waals surface area contributed by atoms with Gasteiger partial charge < -0.3 is 25.4 Å². The Morgan fingerprint density at radius 2 is 1.89 bits per heavy atom. The number of aliphatic hydroxyl groups excluding tert-OH is 1. The molecule has 0 aliphatic rings. The molecule has 2 atom stereocenters. The van der Waals surface area contributed by atoms with E-state index in [0.717, 1.165) is 0 Å². The molecule has 0 aliphatic carbocycles. The van der Waals surface area contributed by atoms with Gasteiger partial charge in [0.05, 0.1) is 6.10 Å². The van der Waals surface area contributed by atoms with Gasteiger partial charge in [-0.15, -0.1) is 0 Å². The number of halogens is 3. The first-order valence-electron chi connectivity index (χ1n) is 8.25. The standard InChI is InChI=1S/C18H19Cl2FN2O5/c1-7(2)10-6-9(4-5-11(10)25)28-15-12(19)16(21)23-17(13(15)20)22-14(8(3)24)18(26)27/h4-8,14,24-25H,1-3H3,(H,22,23)(H,26,27)/t8-,14+/m1/s1. The van der Waals surface area contributed by atoms with Crippen molar-refractivity contribution in [2.75, 3.05) is 5.32 Å². The Kier molecular flexibility index (Phi) is 6.92. The molecule has 28 heavy (non-hydrogen) atoms. The van der Waals surface area contributed by atoms with Gasteiger partial charge in [-0.25, -0.2) is 4.79 Å². The quantitative estimate of drug-likeness (QED) is 0.479. The van der Waals surface area contributed by atoms with Crippen molar-refractivity contribution in [3.8, 4) is 17.2 Å². The maximum atomic E-state index is 14.2. The first-order chi connectivity index (χ1) is 13.0. The van der Waals surface area contributed by atoms with E-state index >= 15 is 0 Å². The van der Waals surface area contributed by atoms with Crippen LogP contribution >= 0.6 is 23.2 Å². The summed E-state index contributed by atoms with van der Waals surface area (Å²) in [6.45, 7) is 4.98. The fourth-order valence-corrected chi connectivity index (χ4v) is 2.85. The van der Waals surface area contributed by atoms with Crippen molar-refractivity contribution in [2.24, 2.45) is 0 Å². The van der Waals surface area contributed by atoms with Crippen LogP contribution in [0.15, 0.2) is 18.2 Å². The van der Waals surface area contributed by atoms with Crippen LogP contribution in [0.4, 0.5) is 10.2 Å². The van der Waals surface area contributed by atoms with E-state index in [-0.39, 0.29) is 34.0 Å². The number of nitrogens with one attached hydrogen (secondary N) is 1.